The van der Waals surface area contributed by atoms with Crippen LogP contribution in [0.5, 0.6) is 5.75 Å². The van der Waals surface area contributed by atoms with Gasteiger partial charge >= 0.3 is 0 Å². The number of hydrogen-bond acceptors (Lipinski definition) is 7. The molecule has 3 aromatic carbocycles. The van der Waals surface area contributed by atoms with Gasteiger partial charge in [-0.25, -0.2) is 8.42 Å². The summed E-state index contributed by atoms with van der Waals surface area (Å²) in [5.41, 5.74) is 1.92. The first kappa shape index (κ1) is 26.3. The molecule has 0 fully saturated rings. The third-order valence-corrected chi connectivity index (χ3v) is 7.60. The summed E-state index contributed by atoms with van der Waals surface area (Å²) in [6.07, 6.45) is 1.53. The van der Waals surface area contributed by atoms with E-state index in [1.165, 1.54) is 24.7 Å². The fourth-order valence-electron chi connectivity index (χ4n) is 3.98. The number of aliphatic hydroxyl groups excluding tert-OH is 1. The number of ether oxygens (including phenoxy) is 1. The normalized spacial score (nSPS) is 12.4. The number of rotatable bonds is 11. The predicted molar refractivity (Wildman–Crippen MR) is 141 cm³/mol. The molecule has 7 nitrogen and oxygen atoms in total. The summed E-state index contributed by atoms with van der Waals surface area (Å²) in [5, 5.41) is 11.1. The molecule has 0 saturated carbocycles. The average Bonchev–Trinajstić information content (AvgIpc) is 3.43. The highest BCUT2D eigenvalue weighted by atomic mass is 32.2. The lowest BCUT2D eigenvalue weighted by Crippen LogP contribution is -2.22. The van der Waals surface area contributed by atoms with Crippen LogP contribution in [0, 0.1) is 0 Å². The maximum absolute atomic E-state index is 13.9. The number of carbonyl (C=O) groups excluding carboxylic acids is 1. The van der Waals surface area contributed by atoms with E-state index in [2.05, 4.69) is 0 Å². The molecule has 1 N–H and O–H groups in total. The van der Waals surface area contributed by atoms with Crippen molar-refractivity contribution in [1.29, 1.82) is 0 Å². The van der Waals surface area contributed by atoms with Gasteiger partial charge in [0.1, 0.15) is 18.5 Å². The monoisotopic (exact) mass is 519 g/mol. The summed E-state index contributed by atoms with van der Waals surface area (Å²) in [7, 11) is 0.00130. The number of ketones is 1. The van der Waals surface area contributed by atoms with Crippen molar-refractivity contribution in [2.24, 2.45) is 0 Å². The molecule has 0 spiro atoms. The van der Waals surface area contributed by atoms with Gasteiger partial charge < -0.3 is 19.2 Å². The van der Waals surface area contributed by atoms with Crippen LogP contribution in [0.15, 0.2) is 101 Å². The standard InChI is InChI=1S/C29H29NO6S/c1-30(2)16-18-36-29-25(22-15-17-35-19-22)14-13-23(20-37(33,34)24-11-7-4-8-12-24)26(29)28(32)27(31)21-9-5-3-6-10-21/h3-15,17,19,27,31H,16,18,20H2,1-2H3. The van der Waals surface area contributed by atoms with Crippen LogP contribution in [0.1, 0.15) is 27.6 Å². The van der Waals surface area contributed by atoms with E-state index < -0.39 is 27.5 Å². The van der Waals surface area contributed by atoms with Gasteiger partial charge in [-0.05, 0) is 43.4 Å². The van der Waals surface area contributed by atoms with Gasteiger partial charge in [-0.1, -0.05) is 60.7 Å². The Bertz CT molecular complexity index is 1430. The highest BCUT2D eigenvalue weighted by Gasteiger charge is 2.30. The summed E-state index contributed by atoms with van der Waals surface area (Å²) in [5.74, 6) is -0.867. The number of carbonyl (C=O) groups is 1. The number of aliphatic hydroxyl groups is 1. The Morgan fingerprint density at radius 3 is 2.27 bits per heavy atom. The molecule has 1 unspecified atom stereocenters. The van der Waals surface area contributed by atoms with Crippen molar-refractivity contribution in [2.45, 2.75) is 16.8 Å². The van der Waals surface area contributed by atoms with Crippen molar-refractivity contribution in [3.8, 4) is 16.9 Å². The number of sulfone groups is 1. The van der Waals surface area contributed by atoms with Gasteiger partial charge in [-0.2, -0.15) is 0 Å². The maximum Gasteiger partial charge on any atom is 0.199 e. The van der Waals surface area contributed by atoms with Crippen molar-refractivity contribution >= 4 is 15.6 Å². The van der Waals surface area contributed by atoms with E-state index in [0.29, 0.717) is 23.2 Å². The molecule has 0 aliphatic heterocycles. The maximum atomic E-state index is 13.9. The fraction of sp³-hybridized carbons (Fsp3) is 0.207. The first-order valence-corrected chi connectivity index (χ1v) is 13.4. The second-order valence-corrected chi connectivity index (χ2v) is 10.9. The number of Topliss-reactive ketones (excluding diaryl/α,β-unsaturated/α-hetero) is 1. The topological polar surface area (TPSA) is 97.0 Å². The molecular formula is C29H29NO6S. The summed E-state index contributed by atoms with van der Waals surface area (Å²) in [6, 6.07) is 21.7. The molecular weight excluding hydrogens is 490 g/mol. The molecule has 0 saturated heterocycles. The molecule has 37 heavy (non-hydrogen) atoms. The van der Waals surface area contributed by atoms with Crippen molar-refractivity contribution in [3.63, 3.8) is 0 Å². The minimum Gasteiger partial charge on any atom is -0.491 e. The number of furan rings is 1. The summed E-state index contributed by atoms with van der Waals surface area (Å²) in [4.78, 5) is 15.9. The smallest absolute Gasteiger partial charge is 0.199 e. The number of hydrogen-bond donors (Lipinski definition) is 1. The van der Waals surface area contributed by atoms with Crippen LogP contribution >= 0.6 is 0 Å². The van der Waals surface area contributed by atoms with Crippen molar-refractivity contribution in [3.05, 3.63) is 108 Å². The molecule has 0 aliphatic rings. The molecule has 8 heteroatoms. The second-order valence-electron chi connectivity index (χ2n) is 8.89. The molecule has 1 heterocycles. The molecule has 4 aromatic rings. The van der Waals surface area contributed by atoms with Gasteiger partial charge in [0.25, 0.3) is 0 Å². The van der Waals surface area contributed by atoms with Crippen molar-refractivity contribution in [2.75, 3.05) is 27.2 Å². The van der Waals surface area contributed by atoms with Crippen LogP contribution in [0.4, 0.5) is 0 Å². The van der Waals surface area contributed by atoms with E-state index in [4.69, 9.17) is 9.15 Å². The van der Waals surface area contributed by atoms with E-state index in [-0.39, 0.29) is 28.4 Å². The van der Waals surface area contributed by atoms with Crippen molar-refractivity contribution < 1.29 is 27.5 Å². The van der Waals surface area contributed by atoms with E-state index in [1.54, 1.807) is 66.7 Å². The van der Waals surface area contributed by atoms with Crippen LogP contribution in [0.2, 0.25) is 0 Å². The lowest BCUT2D eigenvalue weighted by Gasteiger charge is -2.21. The van der Waals surface area contributed by atoms with Crippen LogP contribution in [-0.2, 0) is 15.6 Å². The summed E-state index contributed by atoms with van der Waals surface area (Å²) in [6.45, 7) is 0.806. The fourth-order valence-corrected chi connectivity index (χ4v) is 5.37. The van der Waals surface area contributed by atoms with E-state index in [1.807, 2.05) is 19.0 Å². The number of benzene rings is 3. The lowest BCUT2D eigenvalue weighted by molar-refractivity contribution is 0.0742. The SMILES string of the molecule is CN(C)CCOc1c(-c2ccoc2)ccc(CS(=O)(=O)c2ccccc2)c1C(=O)C(O)c1ccccc1. The first-order chi connectivity index (χ1) is 17.8. The van der Waals surface area contributed by atoms with Crippen LogP contribution in [0.3, 0.4) is 0 Å². The largest absolute Gasteiger partial charge is 0.491 e. The quantitative estimate of drug-likeness (QED) is 0.285. The zero-order valence-electron chi connectivity index (χ0n) is 20.7. The Morgan fingerprint density at radius 1 is 0.973 bits per heavy atom. The Morgan fingerprint density at radius 2 is 1.65 bits per heavy atom. The Kier molecular flexibility index (Phi) is 8.23. The van der Waals surface area contributed by atoms with Crippen LogP contribution < -0.4 is 4.74 Å². The van der Waals surface area contributed by atoms with Gasteiger partial charge in [0.15, 0.2) is 15.6 Å². The molecule has 0 aliphatic carbocycles. The molecule has 192 valence electrons. The Balaban J connectivity index is 1.88. The zero-order valence-corrected chi connectivity index (χ0v) is 21.5. The highest BCUT2D eigenvalue weighted by Crippen LogP contribution is 2.39. The third kappa shape index (κ3) is 6.17. The lowest BCUT2D eigenvalue weighted by atomic mass is 9.92. The summed E-state index contributed by atoms with van der Waals surface area (Å²) >= 11 is 0. The first-order valence-electron chi connectivity index (χ1n) is 11.8. The molecule has 0 amide bonds. The van der Waals surface area contributed by atoms with E-state index >= 15 is 0 Å². The molecule has 0 radical (unpaired) electrons. The predicted octanol–water partition coefficient (Wildman–Crippen LogP) is 4.78. The van der Waals surface area contributed by atoms with E-state index in [9.17, 15) is 18.3 Å². The van der Waals surface area contributed by atoms with Gasteiger partial charge in [0, 0.05) is 17.7 Å². The minimum atomic E-state index is -3.79. The third-order valence-electron chi connectivity index (χ3n) is 5.92. The molecule has 1 atom stereocenters. The number of likely N-dealkylation sites (N-methyl/N-ethyl adjacent to an activating group) is 1. The van der Waals surface area contributed by atoms with Gasteiger partial charge in [-0.15, -0.1) is 0 Å². The van der Waals surface area contributed by atoms with E-state index in [0.717, 1.165) is 0 Å². The van der Waals surface area contributed by atoms with Crippen LogP contribution in [-0.4, -0.2) is 51.5 Å². The van der Waals surface area contributed by atoms with Crippen molar-refractivity contribution in [1.82, 2.24) is 4.90 Å². The van der Waals surface area contributed by atoms with Gasteiger partial charge in [0.05, 0.1) is 28.7 Å². The van der Waals surface area contributed by atoms with Crippen LogP contribution in [0.25, 0.3) is 11.1 Å². The molecule has 0 bridgehead atoms. The zero-order chi connectivity index (χ0) is 26.4. The average molecular weight is 520 g/mol. The number of nitrogens with zero attached hydrogens (tertiary/aromatic N) is 1. The molecule has 4 rings (SSSR count). The van der Waals surface area contributed by atoms with Gasteiger partial charge in [-0.3, -0.25) is 4.79 Å². The Hall–Kier alpha value is -3.72. The Labute approximate surface area is 216 Å². The van der Waals surface area contributed by atoms with Gasteiger partial charge in [0.2, 0.25) is 0 Å². The molecule has 1 aromatic heterocycles. The highest BCUT2D eigenvalue weighted by molar-refractivity contribution is 7.90. The second kappa shape index (κ2) is 11.6. The summed E-state index contributed by atoms with van der Waals surface area (Å²) < 4.78 is 38.0. The minimum absolute atomic E-state index is 0.0355.